The van der Waals surface area contributed by atoms with Gasteiger partial charge in [-0.3, -0.25) is 4.68 Å². The van der Waals surface area contributed by atoms with Crippen molar-refractivity contribution >= 4 is 17.0 Å². The maximum Gasteiger partial charge on any atom is 0.335 e. The van der Waals surface area contributed by atoms with Crippen molar-refractivity contribution in [2.75, 3.05) is 0 Å². The maximum atomic E-state index is 11.1. The molecule has 3 aromatic rings. The number of imidazole rings is 1. The number of carbonyl (C=O) groups is 1. The van der Waals surface area contributed by atoms with Crippen LogP contribution >= 0.6 is 0 Å². The molecule has 0 spiro atoms. The Hall–Kier alpha value is -2.63. The molecular formula is C15H16N4O2. The molecule has 1 N–H and O–H groups in total. The second-order valence-corrected chi connectivity index (χ2v) is 5.17. The van der Waals surface area contributed by atoms with E-state index < -0.39 is 5.97 Å². The molecule has 0 aliphatic heterocycles. The lowest BCUT2D eigenvalue weighted by Gasteiger charge is -2.06. The van der Waals surface area contributed by atoms with E-state index in [-0.39, 0.29) is 5.56 Å². The van der Waals surface area contributed by atoms with Crippen LogP contribution in [0.15, 0.2) is 24.4 Å². The summed E-state index contributed by atoms with van der Waals surface area (Å²) in [4.78, 5) is 15.6. The quantitative estimate of drug-likeness (QED) is 0.799. The number of carboxylic acid groups (broad SMARTS) is 1. The molecule has 21 heavy (non-hydrogen) atoms. The fraction of sp³-hybridized carbons (Fsp3) is 0.267. The Balaban J connectivity index is 2.12. The molecule has 1 aromatic carbocycles. The first-order valence-corrected chi connectivity index (χ1v) is 6.65. The van der Waals surface area contributed by atoms with Crippen LogP contribution in [0.4, 0.5) is 0 Å². The van der Waals surface area contributed by atoms with E-state index in [0.717, 1.165) is 28.1 Å². The van der Waals surface area contributed by atoms with Crippen LogP contribution in [0.3, 0.4) is 0 Å². The van der Waals surface area contributed by atoms with E-state index in [4.69, 9.17) is 5.11 Å². The third-order valence-corrected chi connectivity index (χ3v) is 3.63. The zero-order valence-electron chi connectivity index (χ0n) is 12.2. The van der Waals surface area contributed by atoms with E-state index in [2.05, 4.69) is 10.1 Å². The molecule has 0 fully saturated rings. The Bertz CT molecular complexity index is 845. The molecule has 0 saturated heterocycles. The normalized spacial score (nSPS) is 11.2. The molecule has 0 saturated carbocycles. The van der Waals surface area contributed by atoms with Gasteiger partial charge in [0.15, 0.2) is 0 Å². The average molecular weight is 284 g/mol. The summed E-state index contributed by atoms with van der Waals surface area (Å²) < 4.78 is 3.80. The van der Waals surface area contributed by atoms with E-state index >= 15 is 0 Å². The number of aromatic nitrogens is 4. The first-order valence-electron chi connectivity index (χ1n) is 6.65. The molecule has 0 aliphatic carbocycles. The monoisotopic (exact) mass is 284 g/mol. The summed E-state index contributed by atoms with van der Waals surface area (Å²) in [7, 11) is 1.89. The lowest BCUT2D eigenvalue weighted by atomic mass is 10.2. The van der Waals surface area contributed by atoms with Gasteiger partial charge in [-0.15, -0.1) is 0 Å². The first-order chi connectivity index (χ1) is 9.95. The van der Waals surface area contributed by atoms with Gasteiger partial charge in [0, 0.05) is 18.8 Å². The summed E-state index contributed by atoms with van der Waals surface area (Å²) in [6.45, 7) is 4.52. The number of carboxylic acids is 1. The Morgan fingerprint density at radius 3 is 2.71 bits per heavy atom. The summed E-state index contributed by atoms with van der Waals surface area (Å²) in [5.74, 6) is -0.0735. The number of rotatable bonds is 3. The summed E-state index contributed by atoms with van der Waals surface area (Å²) in [6, 6.07) is 5.00. The van der Waals surface area contributed by atoms with Crippen molar-refractivity contribution in [2.45, 2.75) is 20.4 Å². The minimum atomic E-state index is -0.931. The number of hydrogen-bond donors (Lipinski definition) is 1. The van der Waals surface area contributed by atoms with Crippen molar-refractivity contribution in [3.05, 3.63) is 47.0 Å². The van der Waals surface area contributed by atoms with Crippen LogP contribution in [-0.4, -0.2) is 30.4 Å². The van der Waals surface area contributed by atoms with Gasteiger partial charge >= 0.3 is 5.97 Å². The van der Waals surface area contributed by atoms with E-state index in [1.807, 2.05) is 31.7 Å². The van der Waals surface area contributed by atoms with E-state index in [0.29, 0.717) is 6.54 Å². The number of aryl methyl sites for hydroxylation is 3. The number of aromatic carboxylic acids is 1. The van der Waals surface area contributed by atoms with Crippen LogP contribution in [0, 0.1) is 13.8 Å². The summed E-state index contributed by atoms with van der Waals surface area (Å²) in [5, 5.41) is 13.5. The van der Waals surface area contributed by atoms with Crippen molar-refractivity contribution in [1.82, 2.24) is 19.3 Å². The Morgan fingerprint density at radius 2 is 2.10 bits per heavy atom. The van der Waals surface area contributed by atoms with Crippen molar-refractivity contribution in [2.24, 2.45) is 7.05 Å². The van der Waals surface area contributed by atoms with Gasteiger partial charge in [-0.05, 0) is 32.0 Å². The molecule has 6 nitrogen and oxygen atoms in total. The van der Waals surface area contributed by atoms with Crippen LogP contribution in [0.25, 0.3) is 11.0 Å². The molecule has 0 radical (unpaired) electrons. The highest BCUT2D eigenvalue weighted by molar-refractivity contribution is 5.92. The van der Waals surface area contributed by atoms with E-state index in [1.54, 1.807) is 22.9 Å². The zero-order chi connectivity index (χ0) is 15.1. The molecular weight excluding hydrogens is 268 g/mol. The largest absolute Gasteiger partial charge is 0.478 e. The lowest BCUT2D eigenvalue weighted by Crippen LogP contribution is -2.03. The molecule has 2 heterocycles. The number of fused-ring (bicyclic) bond motifs is 1. The molecule has 0 bridgehead atoms. The average Bonchev–Trinajstić information content (AvgIpc) is 2.90. The highest BCUT2D eigenvalue weighted by Crippen LogP contribution is 2.20. The van der Waals surface area contributed by atoms with Gasteiger partial charge < -0.3 is 9.67 Å². The predicted molar refractivity (Wildman–Crippen MR) is 78.5 cm³/mol. The Labute approximate surface area is 121 Å². The van der Waals surface area contributed by atoms with E-state index in [9.17, 15) is 4.79 Å². The lowest BCUT2D eigenvalue weighted by molar-refractivity contribution is 0.0697. The summed E-state index contributed by atoms with van der Waals surface area (Å²) in [5.41, 5.74) is 3.97. The Kier molecular flexibility index (Phi) is 3.01. The number of hydrogen-bond acceptors (Lipinski definition) is 3. The summed E-state index contributed by atoms with van der Waals surface area (Å²) in [6.07, 6.45) is 1.97. The SMILES string of the molecule is Cc1nn(C)cc1Cn1c(C)nc2ccc(C(=O)O)cc21. The van der Waals surface area contributed by atoms with Crippen LogP contribution in [0.5, 0.6) is 0 Å². The van der Waals surface area contributed by atoms with Crippen LogP contribution in [0.1, 0.15) is 27.4 Å². The highest BCUT2D eigenvalue weighted by Gasteiger charge is 2.13. The van der Waals surface area contributed by atoms with Crippen molar-refractivity contribution in [1.29, 1.82) is 0 Å². The molecule has 6 heteroatoms. The highest BCUT2D eigenvalue weighted by atomic mass is 16.4. The van der Waals surface area contributed by atoms with Gasteiger partial charge in [0.2, 0.25) is 0 Å². The van der Waals surface area contributed by atoms with Gasteiger partial charge in [-0.2, -0.15) is 5.10 Å². The van der Waals surface area contributed by atoms with Crippen LogP contribution in [0.2, 0.25) is 0 Å². The van der Waals surface area contributed by atoms with Gasteiger partial charge in [0.05, 0.1) is 28.8 Å². The molecule has 2 aromatic heterocycles. The van der Waals surface area contributed by atoms with Crippen LogP contribution < -0.4 is 0 Å². The molecule has 108 valence electrons. The minimum absolute atomic E-state index is 0.270. The van der Waals surface area contributed by atoms with Gasteiger partial charge in [0.1, 0.15) is 5.82 Å². The zero-order valence-corrected chi connectivity index (χ0v) is 12.2. The van der Waals surface area contributed by atoms with Gasteiger partial charge in [0.25, 0.3) is 0 Å². The second-order valence-electron chi connectivity index (χ2n) is 5.17. The predicted octanol–water partition coefficient (Wildman–Crippen LogP) is 2.13. The smallest absolute Gasteiger partial charge is 0.335 e. The fourth-order valence-corrected chi connectivity index (χ4v) is 2.55. The minimum Gasteiger partial charge on any atom is -0.478 e. The molecule has 0 aliphatic rings. The fourth-order valence-electron chi connectivity index (χ4n) is 2.55. The standard InChI is InChI=1S/C15H16N4O2/c1-9-12(7-18(3)17-9)8-19-10(2)16-13-5-4-11(15(20)21)6-14(13)19/h4-7H,8H2,1-3H3,(H,20,21). The third-order valence-electron chi connectivity index (χ3n) is 3.63. The van der Waals surface area contributed by atoms with Crippen molar-refractivity contribution < 1.29 is 9.90 Å². The third kappa shape index (κ3) is 2.29. The topological polar surface area (TPSA) is 72.9 Å². The Morgan fingerprint density at radius 1 is 1.33 bits per heavy atom. The number of nitrogens with zero attached hydrogens (tertiary/aromatic N) is 4. The molecule has 0 amide bonds. The summed E-state index contributed by atoms with van der Waals surface area (Å²) >= 11 is 0. The van der Waals surface area contributed by atoms with Crippen LogP contribution in [-0.2, 0) is 13.6 Å². The molecule has 3 rings (SSSR count). The second kappa shape index (κ2) is 4.73. The van der Waals surface area contributed by atoms with Gasteiger partial charge in [-0.25, -0.2) is 9.78 Å². The van der Waals surface area contributed by atoms with Crippen molar-refractivity contribution in [3.8, 4) is 0 Å². The molecule has 0 atom stereocenters. The maximum absolute atomic E-state index is 11.1. The van der Waals surface area contributed by atoms with Gasteiger partial charge in [-0.1, -0.05) is 0 Å². The van der Waals surface area contributed by atoms with E-state index in [1.165, 1.54) is 0 Å². The van der Waals surface area contributed by atoms with Crippen molar-refractivity contribution in [3.63, 3.8) is 0 Å². The first kappa shape index (κ1) is 13.4. The number of benzene rings is 1. The molecule has 0 unspecified atom stereocenters.